The number of amides is 1. The molecule has 0 atom stereocenters. The highest BCUT2D eigenvalue weighted by atomic mass is 32.2. The van der Waals surface area contributed by atoms with Crippen LogP contribution in [0.3, 0.4) is 0 Å². The van der Waals surface area contributed by atoms with Gasteiger partial charge in [0.2, 0.25) is 5.91 Å². The van der Waals surface area contributed by atoms with E-state index in [4.69, 9.17) is 9.47 Å². The summed E-state index contributed by atoms with van der Waals surface area (Å²) in [6.07, 6.45) is 0.874. The Morgan fingerprint density at radius 2 is 1.93 bits per heavy atom. The van der Waals surface area contributed by atoms with E-state index in [2.05, 4.69) is 4.72 Å². The third-order valence-electron chi connectivity index (χ3n) is 4.96. The number of nitrogens with one attached hydrogen (secondary N) is 1. The van der Waals surface area contributed by atoms with Gasteiger partial charge in [-0.2, -0.15) is 0 Å². The molecule has 30 heavy (non-hydrogen) atoms. The Hall–Kier alpha value is -2.74. The summed E-state index contributed by atoms with van der Waals surface area (Å²) in [4.78, 5) is 14.3. The van der Waals surface area contributed by atoms with Crippen molar-refractivity contribution in [1.82, 2.24) is 0 Å². The van der Waals surface area contributed by atoms with Crippen molar-refractivity contribution >= 4 is 27.3 Å². The predicted octanol–water partition coefficient (Wildman–Crippen LogP) is 3.97. The first-order chi connectivity index (χ1) is 14.0. The average Bonchev–Trinajstić information content (AvgIpc) is 2.77. The molecule has 0 radical (unpaired) electrons. The molecule has 1 amide bonds. The number of sulfonamides is 1. The Bertz CT molecular complexity index is 1060. The number of fused-ring (bicyclic) bond motifs is 1. The number of rotatable bonds is 6. The molecule has 0 aromatic heterocycles. The summed E-state index contributed by atoms with van der Waals surface area (Å²) in [6.45, 7) is 8.24. The molecule has 0 bridgehead atoms. The van der Waals surface area contributed by atoms with E-state index >= 15 is 0 Å². The van der Waals surface area contributed by atoms with Crippen LogP contribution in [-0.4, -0.2) is 34.6 Å². The van der Waals surface area contributed by atoms with Gasteiger partial charge in [-0.3, -0.25) is 9.52 Å². The Morgan fingerprint density at radius 3 is 2.60 bits per heavy atom. The minimum atomic E-state index is -3.80. The van der Waals surface area contributed by atoms with E-state index in [0.29, 0.717) is 29.5 Å². The molecule has 0 saturated carbocycles. The summed E-state index contributed by atoms with van der Waals surface area (Å²) in [5.41, 5.74) is 1.03. The molecule has 1 aliphatic rings. The second-order valence-corrected chi connectivity index (χ2v) is 9.78. The normalized spacial score (nSPS) is 15.8. The minimum absolute atomic E-state index is 0.0598. The van der Waals surface area contributed by atoms with Gasteiger partial charge in [0.05, 0.1) is 28.3 Å². The fourth-order valence-electron chi connectivity index (χ4n) is 3.23. The van der Waals surface area contributed by atoms with Crippen LogP contribution in [0, 0.1) is 12.3 Å². The van der Waals surface area contributed by atoms with Crippen molar-refractivity contribution in [3.8, 4) is 11.5 Å². The van der Waals surface area contributed by atoms with Crippen molar-refractivity contribution in [3.05, 3.63) is 42.0 Å². The number of hydrogen-bond donors (Lipinski definition) is 1. The van der Waals surface area contributed by atoms with Crippen LogP contribution in [0.4, 0.5) is 11.4 Å². The van der Waals surface area contributed by atoms with Gasteiger partial charge < -0.3 is 14.4 Å². The maximum absolute atomic E-state index is 12.9. The molecule has 1 heterocycles. The minimum Gasteiger partial charge on any atom is -0.493 e. The van der Waals surface area contributed by atoms with E-state index in [0.717, 1.165) is 12.0 Å². The van der Waals surface area contributed by atoms with E-state index in [9.17, 15) is 13.2 Å². The Balaban J connectivity index is 1.86. The summed E-state index contributed by atoms with van der Waals surface area (Å²) >= 11 is 0. The lowest BCUT2D eigenvalue weighted by Gasteiger charge is -2.24. The molecule has 0 fully saturated rings. The summed E-state index contributed by atoms with van der Waals surface area (Å²) in [6, 6.07) is 9.68. The Kier molecular flexibility index (Phi) is 5.99. The quantitative estimate of drug-likeness (QED) is 0.747. The van der Waals surface area contributed by atoms with Crippen LogP contribution in [0.25, 0.3) is 0 Å². The first-order valence-electron chi connectivity index (χ1n) is 9.86. The third-order valence-corrected chi connectivity index (χ3v) is 6.34. The number of nitrogens with zero attached hydrogens (tertiary/aromatic N) is 1. The Labute approximate surface area is 178 Å². The fraction of sp³-hybridized carbons (Fsp3) is 0.409. The molecular weight excluding hydrogens is 404 g/mol. The highest BCUT2D eigenvalue weighted by Gasteiger charge is 2.36. The van der Waals surface area contributed by atoms with Gasteiger partial charge in [-0.05, 0) is 63.1 Å². The smallest absolute Gasteiger partial charge is 0.261 e. The number of carbonyl (C=O) groups is 1. The topological polar surface area (TPSA) is 84.9 Å². The fourth-order valence-corrected chi connectivity index (χ4v) is 4.36. The standard InChI is InChI=1S/C22H28N2O5S/c1-6-11-28-19-10-8-17(12-15(19)2)30(26,27)23-16-7-9-18-20(13-16)29-14-22(3,4)21(25)24(18)5/h7-10,12-13,23H,6,11,14H2,1-5H3. The molecule has 0 unspecified atom stereocenters. The number of benzene rings is 2. The van der Waals surface area contributed by atoms with Gasteiger partial charge in [0.25, 0.3) is 10.0 Å². The lowest BCUT2D eigenvalue weighted by molar-refractivity contribution is -0.127. The molecule has 162 valence electrons. The van der Waals surface area contributed by atoms with Crippen LogP contribution in [0.2, 0.25) is 0 Å². The maximum atomic E-state index is 12.9. The highest BCUT2D eigenvalue weighted by molar-refractivity contribution is 7.92. The first kappa shape index (κ1) is 22.0. The van der Waals surface area contributed by atoms with Crippen LogP contribution >= 0.6 is 0 Å². The molecule has 1 N–H and O–H groups in total. The molecule has 3 rings (SSSR count). The second kappa shape index (κ2) is 8.18. The predicted molar refractivity (Wildman–Crippen MR) is 117 cm³/mol. The van der Waals surface area contributed by atoms with Crippen LogP contribution in [-0.2, 0) is 14.8 Å². The molecule has 0 aliphatic carbocycles. The lowest BCUT2D eigenvalue weighted by Crippen LogP contribution is -2.39. The molecule has 2 aromatic carbocycles. The third kappa shape index (κ3) is 4.38. The number of anilines is 2. The molecular formula is C22H28N2O5S. The molecule has 2 aromatic rings. The molecule has 0 saturated heterocycles. The van der Waals surface area contributed by atoms with E-state index in [1.165, 1.54) is 6.07 Å². The zero-order valence-corrected chi connectivity index (χ0v) is 18.8. The summed E-state index contributed by atoms with van der Waals surface area (Å²) in [5, 5.41) is 0. The zero-order valence-electron chi connectivity index (χ0n) is 18.0. The van der Waals surface area contributed by atoms with Crippen LogP contribution in [0.1, 0.15) is 32.8 Å². The molecule has 8 heteroatoms. The molecule has 1 aliphatic heterocycles. The van der Waals surface area contributed by atoms with Gasteiger partial charge in [0.15, 0.2) is 0 Å². The van der Waals surface area contributed by atoms with E-state index in [-0.39, 0.29) is 17.4 Å². The van der Waals surface area contributed by atoms with Crippen molar-refractivity contribution in [2.45, 2.75) is 39.0 Å². The monoisotopic (exact) mass is 432 g/mol. The van der Waals surface area contributed by atoms with Crippen LogP contribution in [0.5, 0.6) is 11.5 Å². The summed E-state index contributed by atoms with van der Waals surface area (Å²) in [5.74, 6) is 1.07. The van der Waals surface area contributed by atoms with Gasteiger partial charge in [-0.25, -0.2) is 8.42 Å². The van der Waals surface area contributed by atoms with Gasteiger partial charge in [-0.1, -0.05) is 6.92 Å². The number of aryl methyl sites for hydroxylation is 1. The van der Waals surface area contributed by atoms with Crippen molar-refractivity contribution in [2.75, 3.05) is 29.9 Å². The largest absolute Gasteiger partial charge is 0.493 e. The SMILES string of the molecule is CCCOc1ccc(S(=O)(=O)Nc2ccc3c(c2)OCC(C)(C)C(=O)N3C)cc1C. The zero-order chi connectivity index (χ0) is 22.1. The van der Waals surface area contributed by atoms with Gasteiger partial charge in [0.1, 0.15) is 18.1 Å². The van der Waals surface area contributed by atoms with Crippen molar-refractivity contribution < 1.29 is 22.7 Å². The average molecular weight is 433 g/mol. The van der Waals surface area contributed by atoms with Crippen LogP contribution < -0.4 is 19.1 Å². The lowest BCUT2D eigenvalue weighted by atomic mass is 9.93. The number of hydrogen-bond acceptors (Lipinski definition) is 5. The summed E-state index contributed by atoms with van der Waals surface area (Å²) in [7, 11) is -2.11. The van der Waals surface area contributed by atoms with E-state index in [1.54, 1.807) is 42.3 Å². The highest BCUT2D eigenvalue weighted by Crippen LogP contribution is 2.37. The van der Waals surface area contributed by atoms with Crippen molar-refractivity contribution in [1.29, 1.82) is 0 Å². The van der Waals surface area contributed by atoms with Crippen molar-refractivity contribution in [3.63, 3.8) is 0 Å². The van der Waals surface area contributed by atoms with Crippen molar-refractivity contribution in [2.24, 2.45) is 5.41 Å². The number of ether oxygens (including phenoxy) is 2. The van der Waals surface area contributed by atoms with E-state index < -0.39 is 15.4 Å². The molecule has 0 spiro atoms. The van der Waals surface area contributed by atoms with E-state index in [1.807, 2.05) is 27.7 Å². The maximum Gasteiger partial charge on any atom is 0.261 e. The van der Waals surface area contributed by atoms with Gasteiger partial charge >= 0.3 is 0 Å². The van der Waals surface area contributed by atoms with Crippen LogP contribution in [0.15, 0.2) is 41.3 Å². The molecule has 7 nitrogen and oxygen atoms in total. The number of carbonyl (C=O) groups excluding carboxylic acids is 1. The summed E-state index contributed by atoms with van der Waals surface area (Å²) < 4.78 is 39.8. The van der Waals surface area contributed by atoms with Gasteiger partial charge in [-0.15, -0.1) is 0 Å². The first-order valence-corrected chi connectivity index (χ1v) is 11.3. The van der Waals surface area contributed by atoms with Gasteiger partial charge in [0, 0.05) is 13.1 Å². The second-order valence-electron chi connectivity index (χ2n) is 8.10. The Morgan fingerprint density at radius 1 is 1.20 bits per heavy atom.